The van der Waals surface area contributed by atoms with Gasteiger partial charge in [0.15, 0.2) is 0 Å². The van der Waals surface area contributed by atoms with Crippen LogP contribution in [0.5, 0.6) is 0 Å². The SMILES string of the molecule is CC(=O)NCc1cc2n(n1)CCN(Cc1cc(Cn3cncn3)c(C)cc1C)C2. The van der Waals surface area contributed by atoms with Crippen molar-refractivity contribution in [2.45, 2.75) is 53.5 Å². The third-order valence-electron chi connectivity index (χ3n) is 5.43. The summed E-state index contributed by atoms with van der Waals surface area (Å²) in [5, 5.41) is 11.7. The maximum absolute atomic E-state index is 11.1. The number of carbonyl (C=O) groups is 1. The summed E-state index contributed by atoms with van der Waals surface area (Å²) >= 11 is 0. The zero-order valence-electron chi connectivity index (χ0n) is 17.2. The predicted octanol–water partition coefficient (Wildman–Crippen LogP) is 1.79. The lowest BCUT2D eigenvalue weighted by Gasteiger charge is -2.28. The van der Waals surface area contributed by atoms with Crippen molar-refractivity contribution >= 4 is 5.91 Å². The minimum Gasteiger partial charge on any atom is -0.351 e. The third-order valence-corrected chi connectivity index (χ3v) is 5.43. The van der Waals surface area contributed by atoms with Gasteiger partial charge < -0.3 is 5.32 Å². The smallest absolute Gasteiger partial charge is 0.217 e. The van der Waals surface area contributed by atoms with Crippen molar-refractivity contribution in [2.24, 2.45) is 0 Å². The zero-order valence-corrected chi connectivity index (χ0v) is 17.2. The number of hydrogen-bond acceptors (Lipinski definition) is 5. The van der Waals surface area contributed by atoms with Gasteiger partial charge in [0.1, 0.15) is 12.7 Å². The summed E-state index contributed by atoms with van der Waals surface area (Å²) in [6.07, 6.45) is 3.32. The van der Waals surface area contributed by atoms with E-state index in [2.05, 4.69) is 62.1 Å². The van der Waals surface area contributed by atoms with Crippen LogP contribution in [0.1, 0.15) is 40.6 Å². The van der Waals surface area contributed by atoms with E-state index in [9.17, 15) is 4.79 Å². The minimum atomic E-state index is -0.0332. The second-order valence-corrected chi connectivity index (χ2v) is 7.77. The van der Waals surface area contributed by atoms with Gasteiger partial charge in [0.2, 0.25) is 5.91 Å². The van der Waals surface area contributed by atoms with E-state index >= 15 is 0 Å². The molecule has 0 bridgehead atoms. The fraction of sp³-hybridized carbons (Fsp3) is 0.429. The minimum absolute atomic E-state index is 0.0332. The van der Waals surface area contributed by atoms with Gasteiger partial charge in [-0.1, -0.05) is 12.1 Å². The molecule has 1 aromatic carbocycles. The van der Waals surface area contributed by atoms with E-state index < -0.39 is 0 Å². The first-order valence-electron chi connectivity index (χ1n) is 9.92. The second kappa shape index (κ2) is 8.16. The van der Waals surface area contributed by atoms with E-state index in [-0.39, 0.29) is 5.91 Å². The van der Waals surface area contributed by atoms with Gasteiger partial charge in [-0.3, -0.25) is 14.4 Å². The number of nitrogens with zero attached hydrogens (tertiary/aromatic N) is 6. The van der Waals surface area contributed by atoms with Crippen LogP contribution in [0.4, 0.5) is 0 Å². The summed E-state index contributed by atoms with van der Waals surface area (Å²) in [6, 6.07) is 6.67. The molecule has 1 amide bonds. The molecule has 1 aliphatic rings. The molecular formula is C21H27N7O. The monoisotopic (exact) mass is 393 g/mol. The molecule has 0 saturated carbocycles. The molecule has 0 saturated heterocycles. The largest absolute Gasteiger partial charge is 0.351 e. The van der Waals surface area contributed by atoms with Gasteiger partial charge in [-0.25, -0.2) is 9.67 Å². The number of amides is 1. The summed E-state index contributed by atoms with van der Waals surface area (Å²) in [4.78, 5) is 17.6. The molecule has 29 heavy (non-hydrogen) atoms. The lowest BCUT2D eigenvalue weighted by atomic mass is 9.99. The van der Waals surface area contributed by atoms with Gasteiger partial charge >= 0.3 is 0 Å². The molecule has 4 rings (SSSR count). The molecule has 8 nitrogen and oxygen atoms in total. The quantitative estimate of drug-likeness (QED) is 0.691. The molecular weight excluding hydrogens is 366 g/mol. The molecule has 0 fully saturated rings. The molecule has 0 radical (unpaired) electrons. The number of aromatic nitrogens is 5. The van der Waals surface area contributed by atoms with Crippen LogP contribution in [0.2, 0.25) is 0 Å². The Morgan fingerprint density at radius 1 is 1.10 bits per heavy atom. The second-order valence-electron chi connectivity index (χ2n) is 7.77. The van der Waals surface area contributed by atoms with E-state index in [1.807, 2.05) is 4.68 Å². The van der Waals surface area contributed by atoms with Gasteiger partial charge in [-0.15, -0.1) is 0 Å². The van der Waals surface area contributed by atoms with Gasteiger partial charge in [-0.05, 0) is 42.2 Å². The van der Waals surface area contributed by atoms with Crippen LogP contribution in [-0.4, -0.2) is 41.9 Å². The molecule has 2 aromatic heterocycles. The maximum atomic E-state index is 11.1. The molecule has 0 aliphatic carbocycles. The molecule has 8 heteroatoms. The Kier molecular flexibility index (Phi) is 5.44. The van der Waals surface area contributed by atoms with Crippen LogP contribution in [0.3, 0.4) is 0 Å². The first-order valence-corrected chi connectivity index (χ1v) is 9.92. The highest BCUT2D eigenvalue weighted by molar-refractivity contribution is 5.72. The fourth-order valence-corrected chi connectivity index (χ4v) is 3.84. The number of fused-ring (bicyclic) bond motifs is 1. The van der Waals surface area contributed by atoms with Crippen LogP contribution >= 0.6 is 0 Å². The molecule has 0 spiro atoms. The molecule has 0 unspecified atom stereocenters. The molecule has 1 N–H and O–H groups in total. The summed E-state index contributed by atoms with van der Waals surface area (Å²) in [6.45, 7) is 10.7. The van der Waals surface area contributed by atoms with Gasteiger partial charge in [0.05, 0.1) is 31.0 Å². The number of benzene rings is 1. The van der Waals surface area contributed by atoms with Gasteiger partial charge in [0, 0.05) is 26.6 Å². The average molecular weight is 393 g/mol. The van der Waals surface area contributed by atoms with Crippen LogP contribution in [0, 0.1) is 13.8 Å². The maximum Gasteiger partial charge on any atom is 0.217 e. The van der Waals surface area contributed by atoms with Crippen molar-refractivity contribution in [3.8, 4) is 0 Å². The number of aryl methyl sites for hydroxylation is 2. The topological polar surface area (TPSA) is 80.9 Å². The highest BCUT2D eigenvalue weighted by Gasteiger charge is 2.19. The van der Waals surface area contributed by atoms with Crippen molar-refractivity contribution in [3.05, 3.63) is 64.5 Å². The number of rotatable bonds is 6. The normalized spacial score (nSPS) is 14.0. The number of nitrogens with one attached hydrogen (secondary N) is 1. The van der Waals surface area contributed by atoms with Crippen molar-refractivity contribution in [1.29, 1.82) is 0 Å². The lowest BCUT2D eigenvalue weighted by Crippen LogP contribution is -2.33. The third kappa shape index (κ3) is 4.54. The van der Waals surface area contributed by atoms with Crippen LogP contribution in [0.25, 0.3) is 0 Å². The van der Waals surface area contributed by atoms with Crippen LogP contribution in [0.15, 0.2) is 30.9 Å². The number of carbonyl (C=O) groups excluding carboxylic acids is 1. The molecule has 3 aromatic rings. The number of hydrogen-bond donors (Lipinski definition) is 1. The van der Waals surface area contributed by atoms with E-state index in [1.165, 1.54) is 34.9 Å². The van der Waals surface area contributed by atoms with Crippen molar-refractivity contribution in [2.75, 3.05) is 6.54 Å². The van der Waals surface area contributed by atoms with Crippen molar-refractivity contribution < 1.29 is 4.79 Å². The molecule has 3 heterocycles. The Bertz CT molecular complexity index is 1010. The highest BCUT2D eigenvalue weighted by atomic mass is 16.1. The molecule has 1 aliphatic heterocycles. The molecule has 0 atom stereocenters. The Hall–Kier alpha value is -3.00. The Morgan fingerprint density at radius 3 is 2.62 bits per heavy atom. The van der Waals surface area contributed by atoms with Crippen molar-refractivity contribution in [3.63, 3.8) is 0 Å². The summed E-state index contributed by atoms with van der Waals surface area (Å²) in [5.74, 6) is -0.0332. The summed E-state index contributed by atoms with van der Waals surface area (Å²) in [5.41, 5.74) is 7.33. The summed E-state index contributed by atoms with van der Waals surface area (Å²) < 4.78 is 3.92. The fourth-order valence-electron chi connectivity index (χ4n) is 3.84. The zero-order chi connectivity index (χ0) is 20.4. The predicted molar refractivity (Wildman–Crippen MR) is 109 cm³/mol. The summed E-state index contributed by atoms with van der Waals surface area (Å²) in [7, 11) is 0. The highest BCUT2D eigenvalue weighted by Crippen LogP contribution is 2.21. The standard InChI is InChI=1S/C21H27N7O/c1-15-6-16(2)19(11-27-14-22-13-24-27)7-18(15)10-26-4-5-28-21(12-26)8-20(25-28)9-23-17(3)29/h6-8,13-14H,4-5,9-12H2,1-3H3,(H,23,29). The van der Waals surface area contributed by atoms with E-state index in [1.54, 1.807) is 12.7 Å². The Balaban J connectivity index is 1.46. The average Bonchev–Trinajstić information content (AvgIpc) is 3.32. The first kappa shape index (κ1) is 19.3. The van der Waals surface area contributed by atoms with Crippen LogP contribution in [-0.2, 0) is 37.5 Å². The van der Waals surface area contributed by atoms with Crippen LogP contribution < -0.4 is 5.32 Å². The molecule has 152 valence electrons. The Morgan fingerprint density at radius 2 is 1.90 bits per heavy atom. The van der Waals surface area contributed by atoms with E-state index in [0.29, 0.717) is 6.54 Å². The Labute approximate surface area is 170 Å². The van der Waals surface area contributed by atoms with Gasteiger partial charge in [0.25, 0.3) is 0 Å². The first-order chi connectivity index (χ1) is 14.0. The van der Waals surface area contributed by atoms with Crippen molar-refractivity contribution in [1.82, 2.24) is 34.8 Å². The lowest BCUT2D eigenvalue weighted by molar-refractivity contribution is -0.119. The van der Waals surface area contributed by atoms with E-state index in [0.717, 1.165) is 38.4 Å². The van der Waals surface area contributed by atoms with Gasteiger partial charge in [-0.2, -0.15) is 10.2 Å². The van der Waals surface area contributed by atoms with E-state index in [4.69, 9.17) is 0 Å².